The van der Waals surface area contributed by atoms with Gasteiger partial charge in [0, 0.05) is 0 Å². The fraction of sp³-hybridized carbons (Fsp3) is 0.0769. The highest BCUT2D eigenvalue weighted by molar-refractivity contribution is 8.01. The number of hydrogen-bond donors (Lipinski definition) is 0. The molecule has 8 heteroatoms. The van der Waals surface area contributed by atoms with Crippen LogP contribution in [-0.4, -0.2) is 18.5 Å². The second kappa shape index (κ2) is 10.5. The van der Waals surface area contributed by atoms with E-state index in [0.29, 0.717) is 0 Å². The molecule has 0 aliphatic rings. The van der Waals surface area contributed by atoms with Gasteiger partial charge in [0.15, 0.2) is 10.1 Å². The van der Waals surface area contributed by atoms with E-state index in [1.165, 1.54) is 26.8 Å². The van der Waals surface area contributed by atoms with Crippen LogP contribution in [0.2, 0.25) is 0 Å². The number of rotatable bonds is 4. The van der Waals surface area contributed by atoms with Gasteiger partial charge in [-0.15, -0.1) is 0 Å². The topological polar surface area (TPSA) is 57.2 Å². The van der Waals surface area contributed by atoms with Crippen molar-refractivity contribution in [1.29, 1.82) is 0 Å². The smallest absolute Gasteiger partial charge is 0.485 e. The number of alkyl halides is 3. The molecule has 0 aromatic heterocycles. The number of benzene rings is 4. The molecule has 0 bridgehead atoms. The molecular formula is C26H22F3O3PS. The van der Waals surface area contributed by atoms with Crippen molar-refractivity contribution in [2.24, 2.45) is 0 Å². The molecule has 0 saturated heterocycles. The molecule has 0 amide bonds. The van der Waals surface area contributed by atoms with Crippen LogP contribution in [0.4, 0.5) is 13.2 Å². The average molecular weight is 502 g/mol. The first-order chi connectivity index (χ1) is 16.1. The highest BCUT2D eigenvalue weighted by atomic mass is 32.2. The van der Waals surface area contributed by atoms with Gasteiger partial charge in [0.05, 0.1) is 0 Å². The lowest BCUT2D eigenvalue weighted by Gasteiger charge is -2.27. The van der Waals surface area contributed by atoms with Gasteiger partial charge in [-0.05, 0) is 55.5 Å². The molecule has 0 heterocycles. The van der Waals surface area contributed by atoms with Gasteiger partial charge in [-0.1, -0.05) is 72.3 Å². The molecule has 176 valence electrons. The van der Waals surface area contributed by atoms with Gasteiger partial charge in [-0.3, -0.25) is 0 Å². The van der Waals surface area contributed by atoms with Crippen LogP contribution in [-0.2, 0) is 10.1 Å². The van der Waals surface area contributed by atoms with E-state index in [0.717, 1.165) is 0 Å². The Morgan fingerprint density at radius 1 is 0.588 bits per heavy atom. The van der Waals surface area contributed by atoms with Crippen LogP contribution in [0.1, 0.15) is 5.56 Å². The molecule has 0 aliphatic carbocycles. The first kappa shape index (κ1) is 25.6. The third-order valence-corrected chi connectivity index (χ3v) is 9.99. The maximum Gasteiger partial charge on any atom is 0.485 e. The summed E-state index contributed by atoms with van der Waals surface area (Å²) in [5.41, 5.74) is -4.35. The molecule has 4 aromatic carbocycles. The number of halogens is 3. The second-order valence-corrected chi connectivity index (χ2v) is 12.2. The normalized spacial score (nSPS) is 11.9. The Labute approximate surface area is 198 Å². The highest BCUT2D eigenvalue weighted by Gasteiger charge is 2.47. The van der Waals surface area contributed by atoms with Crippen molar-refractivity contribution in [1.82, 2.24) is 0 Å². The summed E-state index contributed by atoms with van der Waals surface area (Å²) in [6, 6.07) is 42.1. The zero-order chi connectivity index (χ0) is 24.8. The lowest BCUT2D eigenvalue weighted by Crippen LogP contribution is -2.38. The van der Waals surface area contributed by atoms with E-state index in [1.54, 1.807) is 0 Å². The Balaban J connectivity index is 0.000000350. The Kier molecular flexibility index (Phi) is 7.93. The third kappa shape index (κ3) is 5.55. The number of aryl methyl sites for hydroxylation is 1. The van der Waals surface area contributed by atoms with Crippen molar-refractivity contribution in [2.75, 3.05) is 0 Å². The lowest BCUT2D eigenvalue weighted by atomic mass is 10.2. The largest absolute Gasteiger partial charge is 0.741 e. The van der Waals surface area contributed by atoms with Gasteiger partial charge >= 0.3 is 5.51 Å². The van der Waals surface area contributed by atoms with Crippen LogP contribution in [0, 0.1) is 6.92 Å². The summed E-state index contributed by atoms with van der Waals surface area (Å²) in [5.74, 6) is 0. The first-order valence-corrected chi connectivity index (χ1v) is 13.4. The minimum atomic E-state index is -6.09. The summed E-state index contributed by atoms with van der Waals surface area (Å²) < 4.78 is 58.9. The Morgan fingerprint density at radius 3 is 1.12 bits per heavy atom. The fourth-order valence-electron chi connectivity index (χ4n) is 3.62. The molecule has 0 N–H and O–H groups in total. The summed E-state index contributed by atoms with van der Waals surface area (Å²) in [4.78, 5) is 0. The zero-order valence-electron chi connectivity index (χ0n) is 18.2. The molecule has 0 unspecified atom stereocenters. The van der Waals surface area contributed by atoms with Crippen LogP contribution in [0.3, 0.4) is 0 Å². The summed E-state index contributed by atoms with van der Waals surface area (Å²) >= 11 is 0. The Morgan fingerprint density at radius 2 is 0.853 bits per heavy atom. The lowest BCUT2D eigenvalue weighted by molar-refractivity contribution is -0.0517. The standard InChI is InChI=1S/C25H22P.CHF3O3S/c1-21-17-19-25(20-18-21)26(22-11-5-2-6-12-22,23-13-7-3-8-14-23)24-15-9-4-10-16-24;2-1(3,4)8(5,6)7/h2-20H,1H3;(H,5,6,7)/q+1;/p-1. The molecule has 4 rings (SSSR count). The average Bonchev–Trinajstić information content (AvgIpc) is 2.82. The first-order valence-electron chi connectivity index (χ1n) is 10.2. The van der Waals surface area contributed by atoms with Gasteiger partial charge in [-0.2, -0.15) is 13.2 Å². The van der Waals surface area contributed by atoms with E-state index in [-0.39, 0.29) is 0 Å². The van der Waals surface area contributed by atoms with E-state index >= 15 is 0 Å². The summed E-state index contributed by atoms with van der Waals surface area (Å²) in [5, 5.41) is 5.57. The SMILES string of the molecule is Cc1ccc([P+](c2ccccc2)(c2ccccc2)c2ccccc2)cc1.O=S(=O)([O-])C(F)(F)F. The van der Waals surface area contributed by atoms with Crippen LogP contribution in [0.5, 0.6) is 0 Å². The zero-order valence-corrected chi connectivity index (χ0v) is 19.9. The van der Waals surface area contributed by atoms with Crippen LogP contribution in [0.25, 0.3) is 0 Å². The summed E-state index contributed by atoms with van der Waals surface area (Å²) in [7, 11) is -8.02. The maximum absolute atomic E-state index is 10.7. The monoisotopic (exact) mass is 502 g/mol. The molecule has 0 spiro atoms. The molecule has 0 radical (unpaired) electrons. The second-order valence-electron chi connectivity index (χ2n) is 7.41. The Hall–Kier alpha value is -2.99. The van der Waals surface area contributed by atoms with E-state index in [9.17, 15) is 13.2 Å². The van der Waals surface area contributed by atoms with E-state index in [4.69, 9.17) is 13.0 Å². The van der Waals surface area contributed by atoms with Gasteiger partial charge in [0.25, 0.3) is 0 Å². The highest BCUT2D eigenvalue weighted by Crippen LogP contribution is 2.54. The van der Waals surface area contributed by atoms with Crippen molar-refractivity contribution in [3.05, 3.63) is 121 Å². The predicted octanol–water partition coefficient (Wildman–Crippen LogP) is 4.67. The van der Waals surface area contributed by atoms with Gasteiger partial charge in [0.2, 0.25) is 0 Å². The minimum absolute atomic E-state index is 1.29. The fourth-order valence-corrected chi connectivity index (χ4v) is 7.86. The molecule has 0 saturated carbocycles. The van der Waals surface area contributed by atoms with Crippen molar-refractivity contribution < 1.29 is 26.1 Å². The molecule has 34 heavy (non-hydrogen) atoms. The summed E-state index contributed by atoms with van der Waals surface area (Å²) in [6.45, 7) is 2.15. The molecule has 3 nitrogen and oxygen atoms in total. The molecule has 4 aromatic rings. The van der Waals surface area contributed by atoms with E-state index < -0.39 is 22.9 Å². The van der Waals surface area contributed by atoms with Gasteiger partial charge in [-0.25, -0.2) is 8.42 Å². The molecule has 0 aliphatic heterocycles. The van der Waals surface area contributed by atoms with Crippen molar-refractivity contribution >= 4 is 38.6 Å². The summed E-state index contributed by atoms with van der Waals surface area (Å²) in [6.07, 6.45) is 0. The van der Waals surface area contributed by atoms with E-state index in [2.05, 4.69) is 122 Å². The van der Waals surface area contributed by atoms with Gasteiger partial charge < -0.3 is 4.55 Å². The maximum atomic E-state index is 10.7. The van der Waals surface area contributed by atoms with Crippen molar-refractivity contribution in [3.63, 3.8) is 0 Å². The minimum Gasteiger partial charge on any atom is -0.741 e. The molecule has 0 atom stereocenters. The van der Waals surface area contributed by atoms with Crippen LogP contribution >= 0.6 is 7.26 Å². The van der Waals surface area contributed by atoms with Crippen molar-refractivity contribution in [3.8, 4) is 0 Å². The Bertz CT molecular complexity index is 1200. The van der Waals surface area contributed by atoms with Gasteiger partial charge in [0.1, 0.15) is 28.5 Å². The predicted molar refractivity (Wildman–Crippen MR) is 132 cm³/mol. The molecule has 0 fully saturated rings. The third-order valence-electron chi connectivity index (χ3n) is 5.14. The van der Waals surface area contributed by atoms with Crippen LogP contribution in [0.15, 0.2) is 115 Å². The quantitative estimate of drug-likeness (QED) is 0.232. The van der Waals surface area contributed by atoms with Crippen molar-refractivity contribution in [2.45, 2.75) is 12.4 Å². The molecular weight excluding hydrogens is 480 g/mol. The van der Waals surface area contributed by atoms with E-state index in [1.807, 2.05) is 0 Å². The number of hydrogen-bond acceptors (Lipinski definition) is 3. The van der Waals surface area contributed by atoms with Crippen LogP contribution < -0.4 is 21.2 Å².